The van der Waals surface area contributed by atoms with Gasteiger partial charge in [-0.25, -0.2) is 26.9 Å². The van der Waals surface area contributed by atoms with Crippen molar-refractivity contribution in [3.63, 3.8) is 0 Å². The van der Waals surface area contributed by atoms with E-state index in [1.54, 1.807) is 30.5 Å². The third-order valence-electron chi connectivity index (χ3n) is 5.46. The molecule has 1 aliphatic heterocycles. The minimum absolute atomic E-state index is 0.172. The Morgan fingerprint density at radius 1 is 1.09 bits per heavy atom. The van der Waals surface area contributed by atoms with E-state index in [9.17, 15) is 26.7 Å². The van der Waals surface area contributed by atoms with Gasteiger partial charge >= 0.3 is 0 Å². The summed E-state index contributed by atoms with van der Waals surface area (Å²) in [5.41, 5.74) is 2.90. The molecular formula is C24H20F5N3O. The van der Waals surface area contributed by atoms with Gasteiger partial charge in [-0.1, -0.05) is 6.07 Å². The Hall–Kier alpha value is -3.49. The number of alkyl halides is 2. The van der Waals surface area contributed by atoms with E-state index in [2.05, 4.69) is 10.3 Å². The molecule has 1 aromatic heterocycles. The topological polar surface area (TPSA) is 45.2 Å². The number of benzene rings is 2. The van der Waals surface area contributed by atoms with E-state index in [0.29, 0.717) is 29.9 Å². The van der Waals surface area contributed by atoms with Crippen LogP contribution in [0.3, 0.4) is 0 Å². The third-order valence-corrected chi connectivity index (χ3v) is 5.46. The average Bonchev–Trinajstić information content (AvgIpc) is 3.25. The molecule has 3 aromatic rings. The number of anilines is 2. The lowest BCUT2D eigenvalue weighted by molar-refractivity contribution is 0.0937. The Labute approximate surface area is 187 Å². The zero-order valence-electron chi connectivity index (χ0n) is 17.4. The van der Waals surface area contributed by atoms with Gasteiger partial charge in [-0.15, -0.1) is 0 Å². The van der Waals surface area contributed by atoms with Gasteiger partial charge < -0.3 is 10.2 Å². The molecule has 0 bridgehead atoms. The van der Waals surface area contributed by atoms with Crippen LogP contribution < -0.4 is 10.2 Å². The number of hydrogen-bond acceptors (Lipinski definition) is 3. The van der Waals surface area contributed by atoms with Gasteiger partial charge in [0, 0.05) is 24.0 Å². The van der Waals surface area contributed by atoms with Crippen molar-refractivity contribution in [1.82, 2.24) is 10.3 Å². The van der Waals surface area contributed by atoms with E-state index >= 15 is 0 Å². The van der Waals surface area contributed by atoms with Crippen molar-refractivity contribution in [1.29, 1.82) is 0 Å². The lowest BCUT2D eigenvalue weighted by Gasteiger charge is -2.19. The van der Waals surface area contributed by atoms with Crippen LogP contribution in [0.5, 0.6) is 0 Å². The van der Waals surface area contributed by atoms with Gasteiger partial charge in [-0.2, -0.15) is 0 Å². The largest absolute Gasteiger partial charge is 0.349 e. The summed E-state index contributed by atoms with van der Waals surface area (Å²) >= 11 is 0. The molecule has 2 aromatic carbocycles. The fraction of sp³-hybridized carbons (Fsp3) is 0.250. The molecule has 0 saturated carbocycles. The summed E-state index contributed by atoms with van der Waals surface area (Å²) in [6, 6.07) is 10.5. The van der Waals surface area contributed by atoms with Gasteiger partial charge in [0.25, 0.3) is 5.91 Å². The number of pyridine rings is 1. The molecule has 0 fully saturated rings. The molecule has 0 saturated heterocycles. The van der Waals surface area contributed by atoms with Gasteiger partial charge in [0.2, 0.25) is 0 Å². The smallest absolute Gasteiger partial charge is 0.251 e. The molecule has 0 spiro atoms. The molecule has 0 radical (unpaired) electrons. The second-order valence-corrected chi connectivity index (χ2v) is 7.74. The normalized spacial score (nSPS) is 13.7. The summed E-state index contributed by atoms with van der Waals surface area (Å²) in [5.74, 6) is -3.90. The van der Waals surface area contributed by atoms with Crippen molar-refractivity contribution in [2.75, 3.05) is 24.7 Å². The minimum Gasteiger partial charge on any atom is -0.349 e. The standard InChI is InChI=1S/C24H20F5N3O/c25-12-16(26)13-31-24(33)18-2-1-3-21-17(18)5-7-32(21)22-11-14(4-6-30-22)8-15-9-19(27)23(29)20(28)10-15/h1-4,6,9-11,16H,5,7-8,12-13H2,(H,31,33)/t16-/m1/s1. The van der Waals surface area contributed by atoms with Gasteiger partial charge in [-0.3, -0.25) is 4.79 Å². The van der Waals surface area contributed by atoms with Crippen LogP contribution in [0, 0.1) is 17.5 Å². The molecule has 9 heteroatoms. The number of halogens is 5. The second kappa shape index (κ2) is 9.56. The SMILES string of the molecule is O=C(NC[C@H](F)CF)c1cccc2c1CCN2c1cc(Cc2cc(F)c(F)c(F)c2)ccn1. The maximum absolute atomic E-state index is 13.5. The van der Waals surface area contributed by atoms with Crippen molar-refractivity contribution < 1.29 is 26.7 Å². The Kier molecular flexibility index (Phi) is 6.57. The van der Waals surface area contributed by atoms with E-state index in [0.717, 1.165) is 23.4 Å². The first kappa shape index (κ1) is 22.7. The van der Waals surface area contributed by atoms with Gasteiger partial charge in [0.15, 0.2) is 17.5 Å². The number of hydrogen-bond donors (Lipinski definition) is 1. The number of carbonyl (C=O) groups is 1. The lowest BCUT2D eigenvalue weighted by Crippen LogP contribution is -2.31. The number of rotatable bonds is 7. The van der Waals surface area contributed by atoms with Crippen molar-refractivity contribution in [2.45, 2.75) is 19.0 Å². The van der Waals surface area contributed by atoms with Crippen LogP contribution in [0.4, 0.5) is 33.5 Å². The molecule has 172 valence electrons. The highest BCUT2D eigenvalue weighted by molar-refractivity contribution is 5.98. The van der Waals surface area contributed by atoms with E-state index in [-0.39, 0.29) is 12.0 Å². The molecule has 1 atom stereocenters. The highest BCUT2D eigenvalue weighted by atomic mass is 19.2. The van der Waals surface area contributed by atoms with Crippen LogP contribution in [-0.4, -0.2) is 36.8 Å². The first-order valence-electron chi connectivity index (χ1n) is 10.3. The highest BCUT2D eigenvalue weighted by Gasteiger charge is 2.26. The second-order valence-electron chi connectivity index (χ2n) is 7.74. The first-order chi connectivity index (χ1) is 15.9. The number of aromatic nitrogens is 1. The number of fused-ring (bicyclic) bond motifs is 1. The maximum Gasteiger partial charge on any atom is 0.251 e. The zero-order valence-corrected chi connectivity index (χ0v) is 17.4. The molecule has 0 aliphatic carbocycles. The van der Waals surface area contributed by atoms with E-state index in [1.165, 1.54) is 0 Å². The van der Waals surface area contributed by atoms with Crippen LogP contribution in [0.15, 0.2) is 48.7 Å². The zero-order chi connectivity index (χ0) is 23.5. The predicted octanol–water partition coefficient (Wildman–Crippen LogP) is 4.82. The molecule has 2 heterocycles. The summed E-state index contributed by atoms with van der Waals surface area (Å²) < 4.78 is 65.8. The molecule has 1 amide bonds. The number of nitrogens with one attached hydrogen (secondary N) is 1. The van der Waals surface area contributed by atoms with Crippen LogP contribution in [0.25, 0.3) is 0 Å². The van der Waals surface area contributed by atoms with E-state index in [4.69, 9.17) is 0 Å². The quantitative estimate of drug-likeness (QED) is 0.405. The summed E-state index contributed by atoms with van der Waals surface area (Å²) in [6.45, 7) is -1.04. The molecule has 33 heavy (non-hydrogen) atoms. The molecule has 1 aliphatic rings. The van der Waals surface area contributed by atoms with Gasteiger partial charge in [-0.05, 0) is 65.9 Å². The average molecular weight is 461 g/mol. The number of amides is 1. The van der Waals surface area contributed by atoms with Gasteiger partial charge in [0.1, 0.15) is 18.7 Å². The van der Waals surface area contributed by atoms with E-state index in [1.807, 2.05) is 11.0 Å². The molecule has 1 N–H and O–H groups in total. The first-order valence-corrected chi connectivity index (χ1v) is 10.3. The maximum atomic E-state index is 13.5. The highest BCUT2D eigenvalue weighted by Crippen LogP contribution is 2.36. The third kappa shape index (κ3) is 4.81. The van der Waals surface area contributed by atoms with E-state index < -0.39 is 42.7 Å². The fourth-order valence-electron chi connectivity index (χ4n) is 3.90. The Morgan fingerprint density at radius 2 is 1.85 bits per heavy atom. The summed E-state index contributed by atoms with van der Waals surface area (Å²) in [4.78, 5) is 18.8. The Balaban J connectivity index is 1.56. The molecular weight excluding hydrogens is 441 g/mol. The Morgan fingerprint density at radius 3 is 2.58 bits per heavy atom. The molecule has 4 nitrogen and oxygen atoms in total. The van der Waals surface area contributed by atoms with Crippen molar-refractivity contribution >= 4 is 17.4 Å². The van der Waals surface area contributed by atoms with Crippen molar-refractivity contribution in [2.24, 2.45) is 0 Å². The summed E-state index contributed by atoms with van der Waals surface area (Å²) in [6.07, 6.45) is 0.526. The monoisotopic (exact) mass is 461 g/mol. The molecule has 4 rings (SSSR count). The summed E-state index contributed by atoms with van der Waals surface area (Å²) in [5, 5.41) is 2.41. The van der Waals surface area contributed by atoms with Crippen molar-refractivity contribution in [3.05, 3.63) is 88.4 Å². The van der Waals surface area contributed by atoms with Crippen LogP contribution >= 0.6 is 0 Å². The fourth-order valence-corrected chi connectivity index (χ4v) is 3.90. The summed E-state index contributed by atoms with van der Waals surface area (Å²) in [7, 11) is 0. The predicted molar refractivity (Wildman–Crippen MR) is 114 cm³/mol. The lowest BCUT2D eigenvalue weighted by atomic mass is 10.0. The number of carbonyl (C=O) groups excluding carboxylic acids is 1. The van der Waals surface area contributed by atoms with Gasteiger partial charge in [0.05, 0.1) is 6.54 Å². The van der Waals surface area contributed by atoms with Crippen LogP contribution in [-0.2, 0) is 12.8 Å². The minimum atomic E-state index is -1.75. The molecule has 0 unspecified atom stereocenters. The van der Waals surface area contributed by atoms with Crippen LogP contribution in [0.2, 0.25) is 0 Å². The number of nitrogens with zero attached hydrogens (tertiary/aromatic N) is 2. The van der Waals surface area contributed by atoms with Crippen molar-refractivity contribution in [3.8, 4) is 0 Å². The Bertz CT molecular complexity index is 1160. The van der Waals surface area contributed by atoms with Crippen LogP contribution in [0.1, 0.15) is 27.0 Å².